The predicted molar refractivity (Wildman–Crippen MR) is 137 cm³/mol. The van der Waals surface area contributed by atoms with Gasteiger partial charge in [0.15, 0.2) is 11.0 Å². The highest BCUT2D eigenvalue weighted by atomic mass is 79.9. The van der Waals surface area contributed by atoms with Crippen LogP contribution in [0.25, 0.3) is 28.0 Å². The van der Waals surface area contributed by atoms with E-state index >= 15 is 0 Å². The van der Waals surface area contributed by atoms with Crippen LogP contribution < -0.4 is 5.43 Å². The molecule has 2 aromatic carbocycles. The van der Waals surface area contributed by atoms with E-state index in [1.807, 2.05) is 71.4 Å². The minimum absolute atomic E-state index is 0.135. The molecule has 3 aromatic heterocycles. The molecule has 8 nitrogen and oxygen atoms in total. The number of halogens is 1. The van der Waals surface area contributed by atoms with Crippen molar-refractivity contribution in [3.63, 3.8) is 0 Å². The molecule has 0 atom stereocenters. The summed E-state index contributed by atoms with van der Waals surface area (Å²) in [6, 6.07) is 19.5. The van der Waals surface area contributed by atoms with Gasteiger partial charge in [0.2, 0.25) is 0 Å². The second-order valence-corrected chi connectivity index (χ2v) is 9.08. The van der Waals surface area contributed by atoms with Crippen molar-refractivity contribution in [1.29, 1.82) is 0 Å². The van der Waals surface area contributed by atoms with E-state index in [1.54, 1.807) is 18.6 Å². The molecule has 5 aromatic rings. The third-order valence-corrected chi connectivity index (χ3v) is 6.46. The third-order valence-electron chi connectivity index (χ3n) is 5.00. The second-order valence-electron chi connectivity index (χ2n) is 7.23. The van der Waals surface area contributed by atoms with E-state index in [2.05, 4.69) is 46.6 Å². The molecule has 5 rings (SSSR count). The van der Waals surface area contributed by atoms with Crippen molar-refractivity contribution < 1.29 is 4.79 Å². The Morgan fingerprint density at radius 2 is 1.88 bits per heavy atom. The van der Waals surface area contributed by atoms with E-state index in [9.17, 15) is 4.79 Å². The molecule has 1 amide bonds. The fourth-order valence-electron chi connectivity index (χ4n) is 3.41. The Bertz CT molecular complexity index is 1460. The fourth-order valence-corrected chi connectivity index (χ4v) is 4.42. The number of amides is 1. The molecule has 0 aliphatic carbocycles. The minimum Gasteiger partial charge on any atom is -0.361 e. The molecule has 10 heteroatoms. The SMILES string of the molecule is O=C(CSc1nnc(-c2ccncc2)n1-c1ccc(Br)cc1)N/N=C\c1c[nH]c2ccccc12. The third kappa shape index (κ3) is 4.78. The number of hydrogen-bond acceptors (Lipinski definition) is 6. The summed E-state index contributed by atoms with van der Waals surface area (Å²) >= 11 is 4.76. The predicted octanol–water partition coefficient (Wildman–Crippen LogP) is 4.82. The number of rotatable bonds is 7. The van der Waals surface area contributed by atoms with Crippen molar-refractivity contribution in [3.8, 4) is 17.1 Å². The zero-order valence-electron chi connectivity index (χ0n) is 17.7. The van der Waals surface area contributed by atoms with Crippen LogP contribution in [0.4, 0.5) is 0 Å². The lowest BCUT2D eigenvalue weighted by Crippen LogP contribution is -2.20. The molecule has 0 saturated heterocycles. The van der Waals surface area contributed by atoms with Crippen molar-refractivity contribution >= 4 is 50.7 Å². The van der Waals surface area contributed by atoms with Crippen molar-refractivity contribution in [2.24, 2.45) is 5.10 Å². The maximum Gasteiger partial charge on any atom is 0.250 e. The first-order valence-electron chi connectivity index (χ1n) is 10.3. The Hall–Kier alpha value is -3.76. The van der Waals surface area contributed by atoms with Gasteiger partial charge in [-0.1, -0.05) is 45.9 Å². The summed E-state index contributed by atoms with van der Waals surface area (Å²) in [5.41, 5.74) is 6.27. The first kappa shape index (κ1) is 22.1. The van der Waals surface area contributed by atoms with E-state index in [4.69, 9.17) is 0 Å². The number of H-pyrrole nitrogens is 1. The molecule has 3 heterocycles. The number of hydrazone groups is 1. The largest absolute Gasteiger partial charge is 0.361 e. The summed E-state index contributed by atoms with van der Waals surface area (Å²) in [4.78, 5) is 19.7. The average Bonchev–Trinajstić information content (AvgIpc) is 3.48. The molecule has 2 N–H and O–H groups in total. The van der Waals surface area contributed by atoms with Gasteiger partial charge in [-0.05, 0) is 42.5 Å². The minimum atomic E-state index is -0.239. The molecule has 168 valence electrons. The number of carbonyl (C=O) groups is 1. The molecule has 0 saturated carbocycles. The number of pyridine rings is 1. The van der Waals surface area contributed by atoms with E-state index < -0.39 is 0 Å². The lowest BCUT2D eigenvalue weighted by Gasteiger charge is -2.10. The standard InChI is InChI=1S/C24H18BrN7OS/c25-18-5-7-19(8-6-18)32-23(16-9-11-26-12-10-16)30-31-24(32)34-15-22(33)29-28-14-17-13-27-21-4-2-1-3-20(17)21/h1-14,27H,15H2,(H,29,33)/b28-14-. The van der Waals surface area contributed by atoms with Crippen LogP contribution in [0.3, 0.4) is 0 Å². The summed E-state index contributed by atoms with van der Waals surface area (Å²) in [5.74, 6) is 0.567. The van der Waals surface area contributed by atoms with Gasteiger partial charge in [0.05, 0.1) is 12.0 Å². The van der Waals surface area contributed by atoms with Gasteiger partial charge in [0.1, 0.15) is 0 Å². The molecule has 0 radical (unpaired) electrons. The lowest BCUT2D eigenvalue weighted by atomic mass is 10.2. The van der Waals surface area contributed by atoms with Gasteiger partial charge in [-0.3, -0.25) is 14.3 Å². The van der Waals surface area contributed by atoms with Gasteiger partial charge in [-0.25, -0.2) is 5.43 Å². The highest BCUT2D eigenvalue weighted by Crippen LogP contribution is 2.28. The lowest BCUT2D eigenvalue weighted by molar-refractivity contribution is -0.118. The van der Waals surface area contributed by atoms with Crippen molar-refractivity contribution in [1.82, 2.24) is 30.2 Å². The molecule has 34 heavy (non-hydrogen) atoms. The van der Waals surface area contributed by atoms with Crippen LogP contribution in [0.15, 0.2) is 94.0 Å². The Balaban J connectivity index is 1.31. The number of nitrogens with one attached hydrogen (secondary N) is 2. The van der Waals surface area contributed by atoms with Gasteiger partial charge in [0, 0.05) is 50.8 Å². The first-order valence-corrected chi connectivity index (χ1v) is 12.1. The molecule has 0 aliphatic rings. The van der Waals surface area contributed by atoms with Gasteiger partial charge in [-0.2, -0.15) is 5.10 Å². The number of carbonyl (C=O) groups excluding carboxylic acids is 1. The Labute approximate surface area is 207 Å². The Morgan fingerprint density at radius 1 is 1.09 bits per heavy atom. The summed E-state index contributed by atoms with van der Waals surface area (Å²) < 4.78 is 2.89. The highest BCUT2D eigenvalue weighted by Gasteiger charge is 2.17. The van der Waals surface area contributed by atoms with Crippen LogP contribution in [-0.2, 0) is 4.79 Å². The number of nitrogens with zero attached hydrogens (tertiary/aromatic N) is 5. The first-order chi connectivity index (χ1) is 16.7. The maximum atomic E-state index is 12.5. The van der Waals surface area contributed by atoms with E-state index in [0.717, 1.165) is 32.2 Å². The molecule has 0 aliphatic heterocycles. The monoisotopic (exact) mass is 531 g/mol. The van der Waals surface area contributed by atoms with Crippen LogP contribution in [0.5, 0.6) is 0 Å². The number of thioether (sulfide) groups is 1. The Kier molecular flexibility index (Phi) is 6.50. The normalized spacial score (nSPS) is 11.3. The van der Waals surface area contributed by atoms with Crippen LogP contribution >= 0.6 is 27.7 Å². The smallest absolute Gasteiger partial charge is 0.250 e. The average molecular weight is 532 g/mol. The number of hydrogen-bond donors (Lipinski definition) is 2. The number of benzene rings is 2. The summed E-state index contributed by atoms with van der Waals surface area (Å²) in [5, 5.41) is 14.5. The molecule has 0 fully saturated rings. The quantitative estimate of drug-likeness (QED) is 0.178. The van der Waals surface area contributed by atoms with Crippen LogP contribution in [0, 0.1) is 0 Å². The van der Waals surface area contributed by atoms with E-state index in [-0.39, 0.29) is 11.7 Å². The van der Waals surface area contributed by atoms with Crippen LogP contribution in [0.2, 0.25) is 0 Å². The number of aromatic amines is 1. The zero-order valence-corrected chi connectivity index (χ0v) is 20.1. The molecule has 0 bridgehead atoms. The zero-order chi connectivity index (χ0) is 23.3. The maximum absolute atomic E-state index is 12.5. The topological polar surface area (TPSA) is 101 Å². The molecule has 0 unspecified atom stereocenters. The van der Waals surface area contributed by atoms with E-state index in [1.165, 1.54) is 11.8 Å². The van der Waals surface area contributed by atoms with Crippen molar-refractivity contribution in [2.45, 2.75) is 5.16 Å². The number of para-hydroxylation sites is 1. The second kappa shape index (κ2) is 10.0. The summed E-state index contributed by atoms with van der Waals surface area (Å²) in [6.07, 6.45) is 6.91. The molecule has 0 spiro atoms. The number of aromatic nitrogens is 5. The molecular formula is C24H18BrN7OS. The summed E-state index contributed by atoms with van der Waals surface area (Å²) in [7, 11) is 0. The van der Waals surface area contributed by atoms with E-state index in [0.29, 0.717) is 11.0 Å². The van der Waals surface area contributed by atoms with Crippen LogP contribution in [-0.4, -0.2) is 42.6 Å². The fraction of sp³-hybridized carbons (Fsp3) is 0.0417. The van der Waals surface area contributed by atoms with Crippen molar-refractivity contribution in [2.75, 3.05) is 5.75 Å². The van der Waals surface area contributed by atoms with Crippen molar-refractivity contribution in [3.05, 3.63) is 89.3 Å². The van der Waals surface area contributed by atoms with Gasteiger partial charge in [-0.15, -0.1) is 10.2 Å². The van der Waals surface area contributed by atoms with Gasteiger partial charge in [0.25, 0.3) is 5.91 Å². The van der Waals surface area contributed by atoms with Gasteiger partial charge >= 0.3 is 0 Å². The molecular weight excluding hydrogens is 514 g/mol. The number of fused-ring (bicyclic) bond motifs is 1. The Morgan fingerprint density at radius 3 is 2.71 bits per heavy atom. The van der Waals surface area contributed by atoms with Gasteiger partial charge < -0.3 is 4.98 Å². The highest BCUT2D eigenvalue weighted by molar-refractivity contribution is 9.10. The van der Waals surface area contributed by atoms with Crippen LogP contribution in [0.1, 0.15) is 5.56 Å². The summed E-state index contributed by atoms with van der Waals surface area (Å²) in [6.45, 7) is 0.